The number of carbonyl (C=O) groups excluding carboxylic acids is 2. The molecule has 0 N–H and O–H groups in total. The summed E-state index contributed by atoms with van der Waals surface area (Å²) in [7, 11) is 0. The first-order chi connectivity index (χ1) is 13.5. The van der Waals surface area contributed by atoms with Crippen LogP contribution in [0, 0.1) is 17.6 Å². The van der Waals surface area contributed by atoms with Crippen molar-refractivity contribution in [1.82, 2.24) is 9.80 Å². The van der Waals surface area contributed by atoms with Crippen molar-refractivity contribution >= 4 is 23.6 Å². The molecule has 1 aromatic rings. The molecular weight excluding hydrogens is 386 g/mol. The number of hydrogen-bond acceptors (Lipinski definition) is 4. The molecule has 0 radical (unpaired) electrons. The third-order valence-electron chi connectivity index (χ3n) is 5.18. The minimum atomic E-state index is -0.898. The van der Waals surface area contributed by atoms with Crippen molar-refractivity contribution in [1.29, 1.82) is 0 Å². The van der Waals surface area contributed by atoms with E-state index < -0.39 is 11.6 Å². The van der Waals surface area contributed by atoms with Crippen LogP contribution in [0.15, 0.2) is 18.2 Å². The SMILES string of the molecule is CCSCC(=O)N1C[C@H]2COC[C@@H]1CN(C(=O)CCc1ccc(F)c(F)c1)C2. The molecule has 2 aliphatic rings. The number of aryl methyl sites for hydroxylation is 1. The third kappa shape index (κ3) is 5.23. The van der Waals surface area contributed by atoms with E-state index in [0.717, 1.165) is 17.9 Å². The molecule has 2 fully saturated rings. The van der Waals surface area contributed by atoms with Gasteiger partial charge in [-0.1, -0.05) is 13.0 Å². The van der Waals surface area contributed by atoms with Crippen LogP contribution in [0.5, 0.6) is 0 Å². The highest BCUT2D eigenvalue weighted by Crippen LogP contribution is 2.22. The average molecular weight is 413 g/mol. The van der Waals surface area contributed by atoms with Crippen LogP contribution in [0.1, 0.15) is 18.9 Å². The third-order valence-corrected chi connectivity index (χ3v) is 6.04. The second kappa shape index (κ2) is 9.69. The molecule has 2 saturated heterocycles. The van der Waals surface area contributed by atoms with Crippen LogP contribution < -0.4 is 0 Å². The van der Waals surface area contributed by atoms with Gasteiger partial charge in [0.05, 0.1) is 25.0 Å². The van der Waals surface area contributed by atoms with Gasteiger partial charge in [-0.15, -0.1) is 0 Å². The van der Waals surface area contributed by atoms with Gasteiger partial charge in [0.25, 0.3) is 0 Å². The predicted molar refractivity (Wildman–Crippen MR) is 104 cm³/mol. The molecule has 8 heteroatoms. The summed E-state index contributed by atoms with van der Waals surface area (Å²) < 4.78 is 32.1. The lowest BCUT2D eigenvalue weighted by Gasteiger charge is -2.31. The van der Waals surface area contributed by atoms with Gasteiger partial charge in [-0.3, -0.25) is 9.59 Å². The first kappa shape index (κ1) is 21.0. The molecule has 154 valence electrons. The van der Waals surface area contributed by atoms with Crippen LogP contribution in [0.3, 0.4) is 0 Å². The Morgan fingerprint density at radius 1 is 1.14 bits per heavy atom. The Bertz CT molecular complexity index is 719. The molecule has 2 atom stereocenters. The van der Waals surface area contributed by atoms with Gasteiger partial charge in [-0.05, 0) is 29.9 Å². The van der Waals surface area contributed by atoms with E-state index in [0.29, 0.717) is 50.6 Å². The summed E-state index contributed by atoms with van der Waals surface area (Å²) >= 11 is 1.60. The highest BCUT2D eigenvalue weighted by Gasteiger charge is 2.36. The lowest BCUT2D eigenvalue weighted by Crippen LogP contribution is -2.48. The number of nitrogens with zero attached hydrogens (tertiary/aromatic N) is 2. The van der Waals surface area contributed by atoms with E-state index in [1.54, 1.807) is 16.7 Å². The summed E-state index contributed by atoms with van der Waals surface area (Å²) in [5, 5.41) is 0. The number of ether oxygens (including phenoxy) is 1. The minimum absolute atomic E-state index is 0.0288. The van der Waals surface area contributed by atoms with Crippen molar-refractivity contribution in [2.45, 2.75) is 25.8 Å². The maximum Gasteiger partial charge on any atom is 0.232 e. The molecule has 2 amide bonds. The fraction of sp³-hybridized carbons (Fsp3) is 0.600. The molecule has 0 spiro atoms. The molecule has 2 aliphatic heterocycles. The van der Waals surface area contributed by atoms with E-state index in [-0.39, 0.29) is 30.2 Å². The first-order valence-electron chi connectivity index (χ1n) is 9.64. The molecular formula is C20H26F2N2O3S. The van der Waals surface area contributed by atoms with Crippen molar-refractivity contribution in [3.63, 3.8) is 0 Å². The number of carbonyl (C=O) groups is 2. The number of amides is 2. The maximum absolute atomic E-state index is 13.4. The molecule has 2 bridgehead atoms. The Hall–Kier alpha value is -1.67. The Balaban J connectivity index is 1.62. The van der Waals surface area contributed by atoms with Gasteiger partial charge in [0.2, 0.25) is 11.8 Å². The van der Waals surface area contributed by atoms with Gasteiger partial charge in [0, 0.05) is 32.0 Å². The fourth-order valence-corrected chi connectivity index (χ4v) is 4.27. The maximum atomic E-state index is 13.4. The molecule has 28 heavy (non-hydrogen) atoms. The summed E-state index contributed by atoms with van der Waals surface area (Å²) in [6, 6.07) is 3.59. The van der Waals surface area contributed by atoms with Crippen molar-refractivity contribution in [2.75, 3.05) is 44.4 Å². The smallest absolute Gasteiger partial charge is 0.232 e. The average Bonchev–Trinajstić information content (AvgIpc) is 2.98. The number of rotatable bonds is 6. The van der Waals surface area contributed by atoms with Crippen LogP contribution >= 0.6 is 11.8 Å². The molecule has 0 aliphatic carbocycles. The van der Waals surface area contributed by atoms with Crippen LogP contribution in [-0.4, -0.2) is 72.0 Å². The van der Waals surface area contributed by atoms with E-state index in [1.165, 1.54) is 6.07 Å². The van der Waals surface area contributed by atoms with Gasteiger partial charge in [0.15, 0.2) is 11.6 Å². The fourth-order valence-electron chi connectivity index (χ4n) is 3.73. The normalized spacial score (nSPS) is 22.1. The number of halogens is 2. The summed E-state index contributed by atoms with van der Waals surface area (Å²) in [6.45, 7) is 4.61. The van der Waals surface area contributed by atoms with Crippen molar-refractivity contribution in [3.8, 4) is 0 Å². The highest BCUT2D eigenvalue weighted by atomic mass is 32.2. The Kier molecular flexibility index (Phi) is 7.29. The molecule has 0 saturated carbocycles. The Morgan fingerprint density at radius 2 is 1.96 bits per heavy atom. The summed E-state index contributed by atoms with van der Waals surface area (Å²) in [4.78, 5) is 29.0. The van der Waals surface area contributed by atoms with Gasteiger partial charge in [0.1, 0.15) is 0 Å². The molecule has 3 rings (SSSR count). The topological polar surface area (TPSA) is 49.9 Å². The van der Waals surface area contributed by atoms with E-state index in [1.807, 2.05) is 11.8 Å². The summed E-state index contributed by atoms with van der Waals surface area (Å²) in [5.41, 5.74) is 0.596. The monoisotopic (exact) mass is 412 g/mol. The van der Waals surface area contributed by atoms with Gasteiger partial charge < -0.3 is 14.5 Å². The Labute approximate surface area is 168 Å². The minimum Gasteiger partial charge on any atom is -0.379 e. The zero-order chi connectivity index (χ0) is 20.1. The largest absolute Gasteiger partial charge is 0.379 e. The quantitative estimate of drug-likeness (QED) is 0.720. The van der Waals surface area contributed by atoms with Crippen molar-refractivity contribution in [3.05, 3.63) is 35.4 Å². The lowest BCUT2D eigenvalue weighted by molar-refractivity contribution is -0.135. The van der Waals surface area contributed by atoms with Crippen LogP contribution in [0.2, 0.25) is 0 Å². The van der Waals surface area contributed by atoms with E-state index in [9.17, 15) is 18.4 Å². The lowest BCUT2D eigenvalue weighted by atomic mass is 10.1. The van der Waals surface area contributed by atoms with Crippen molar-refractivity contribution in [2.24, 2.45) is 5.92 Å². The molecule has 5 nitrogen and oxygen atoms in total. The second-order valence-electron chi connectivity index (χ2n) is 7.29. The Morgan fingerprint density at radius 3 is 2.71 bits per heavy atom. The predicted octanol–water partition coefficient (Wildman–Crippen LogP) is 2.34. The molecule has 2 heterocycles. The number of benzene rings is 1. The van der Waals surface area contributed by atoms with Gasteiger partial charge >= 0.3 is 0 Å². The zero-order valence-electron chi connectivity index (χ0n) is 16.0. The van der Waals surface area contributed by atoms with Crippen molar-refractivity contribution < 1.29 is 23.1 Å². The molecule has 0 unspecified atom stereocenters. The highest BCUT2D eigenvalue weighted by molar-refractivity contribution is 7.99. The summed E-state index contributed by atoms with van der Waals surface area (Å²) in [5.74, 6) is -0.285. The van der Waals surface area contributed by atoms with E-state index >= 15 is 0 Å². The van der Waals surface area contributed by atoms with Gasteiger partial charge in [-0.25, -0.2) is 8.78 Å². The van der Waals surface area contributed by atoms with E-state index in [2.05, 4.69) is 0 Å². The summed E-state index contributed by atoms with van der Waals surface area (Å²) in [6.07, 6.45) is 0.582. The molecule has 0 aromatic heterocycles. The standard InChI is InChI=1S/C20H26F2N2O3S/c1-2-28-13-20(26)24-9-15-8-23(10-16(24)12-27-11-15)19(25)6-4-14-3-5-17(21)18(22)7-14/h3,5,7,15-16H,2,4,6,8-13H2,1H3/t15-,16-/m0/s1. The first-order valence-corrected chi connectivity index (χ1v) is 10.8. The number of thioether (sulfide) groups is 1. The van der Waals surface area contributed by atoms with Crippen LogP contribution in [-0.2, 0) is 20.7 Å². The van der Waals surface area contributed by atoms with E-state index in [4.69, 9.17) is 4.74 Å². The number of hydrogen-bond donors (Lipinski definition) is 0. The zero-order valence-corrected chi connectivity index (χ0v) is 16.9. The van der Waals surface area contributed by atoms with Crippen LogP contribution in [0.4, 0.5) is 8.78 Å². The molecule has 1 aromatic carbocycles. The second-order valence-corrected chi connectivity index (χ2v) is 8.56. The number of fused-ring (bicyclic) bond motifs is 3. The van der Waals surface area contributed by atoms with Crippen LogP contribution in [0.25, 0.3) is 0 Å². The van der Waals surface area contributed by atoms with Gasteiger partial charge in [-0.2, -0.15) is 11.8 Å².